The van der Waals surface area contributed by atoms with E-state index in [0.29, 0.717) is 22.3 Å². The van der Waals surface area contributed by atoms with Crippen LogP contribution in [-0.4, -0.2) is 22.9 Å². The second-order valence-corrected chi connectivity index (χ2v) is 6.65. The third-order valence-electron chi connectivity index (χ3n) is 4.21. The Kier molecular flexibility index (Phi) is 5.27. The second-order valence-electron chi connectivity index (χ2n) is 6.21. The first-order valence-corrected chi connectivity index (χ1v) is 9.28. The van der Waals surface area contributed by atoms with Crippen molar-refractivity contribution in [3.8, 4) is 11.5 Å². The van der Waals surface area contributed by atoms with Crippen LogP contribution in [-0.2, 0) is 0 Å². The van der Waals surface area contributed by atoms with Crippen LogP contribution in [0.25, 0.3) is 10.9 Å². The van der Waals surface area contributed by atoms with Crippen molar-refractivity contribution in [3.05, 3.63) is 83.6 Å². The van der Waals surface area contributed by atoms with Gasteiger partial charge < -0.3 is 15.4 Å². The molecule has 0 aliphatic rings. The van der Waals surface area contributed by atoms with Gasteiger partial charge in [-0.15, -0.1) is 0 Å². The summed E-state index contributed by atoms with van der Waals surface area (Å²) in [6.07, 6.45) is 1.54. The minimum Gasteiger partial charge on any atom is -0.457 e. The summed E-state index contributed by atoms with van der Waals surface area (Å²) in [6.45, 7) is 0. The largest absolute Gasteiger partial charge is 0.457 e. The van der Waals surface area contributed by atoms with Crippen molar-refractivity contribution in [1.82, 2.24) is 15.3 Å². The van der Waals surface area contributed by atoms with Crippen molar-refractivity contribution in [2.75, 3.05) is 12.4 Å². The molecule has 2 aromatic carbocycles. The number of carbonyl (C=O) groups excluding carboxylic acids is 1. The Labute approximate surface area is 172 Å². The van der Waals surface area contributed by atoms with E-state index in [4.69, 9.17) is 16.3 Å². The van der Waals surface area contributed by atoms with Gasteiger partial charge in [0.25, 0.3) is 5.91 Å². The van der Waals surface area contributed by atoms with E-state index >= 15 is 0 Å². The van der Waals surface area contributed by atoms with Gasteiger partial charge in [-0.3, -0.25) is 9.78 Å². The highest BCUT2D eigenvalue weighted by Crippen LogP contribution is 2.30. The number of anilines is 2. The standard InChI is InChI=1S/C22H17ClN4O2/c1-24-22(28)19-13-16(10-11-25-19)29-20-7-3-6-18-17(20)8-9-21(27-18)26-15-5-2-4-14(23)12-15/h2-13H,1H3,(H,24,28)(H,26,27). The average Bonchev–Trinajstić information content (AvgIpc) is 2.73. The zero-order valence-corrected chi connectivity index (χ0v) is 16.3. The van der Waals surface area contributed by atoms with E-state index in [-0.39, 0.29) is 11.6 Å². The molecule has 2 N–H and O–H groups in total. The number of amides is 1. The number of benzene rings is 2. The van der Waals surface area contributed by atoms with Crippen LogP contribution in [0.4, 0.5) is 11.5 Å². The Balaban J connectivity index is 1.62. The SMILES string of the molecule is CNC(=O)c1cc(Oc2cccc3nc(Nc4cccc(Cl)c4)ccc23)ccn1. The maximum absolute atomic E-state index is 11.8. The lowest BCUT2D eigenvalue weighted by Crippen LogP contribution is -2.18. The van der Waals surface area contributed by atoms with E-state index in [1.165, 1.54) is 6.20 Å². The summed E-state index contributed by atoms with van der Waals surface area (Å²) < 4.78 is 6.00. The second kappa shape index (κ2) is 8.16. The van der Waals surface area contributed by atoms with Gasteiger partial charge in [-0.05, 0) is 48.5 Å². The maximum Gasteiger partial charge on any atom is 0.269 e. The first-order valence-electron chi connectivity index (χ1n) is 8.91. The molecule has 0 bridgehead atoms. The van der Waals surface area contributed by atoms with Crippen molar-refractivity contribution in [2.24, 2.45) is 0 Å². The summed E-state index contributed by atoms with van der Waals surface area (Å²) in [6, 6.07) is 20.2. The molecule has 7 heteroatoms. The van der Waals surface area contributed by atoms with Gasteiger partial charge in [0.2, 0.25) is 0 Å². The molecule has 0 atom stereocenters. The number of carbonyl (C=O) groups is 1. The molecule has 0 aliphatic heterocycles. The van der Waals surface area contributed by atoms with Crippen molar-refractivity contribution in [1.29, 1.82) is 0 Å². The Morgan fingerprint density at radius 1 is 1.03 bits per heavy atom. The molecule has 0 fully saturated rings. The molecule has 0 aliphatic carbocycles. The van der Waals surface area contributed by atoms with Crippen molar-refractivity contribution >= 4 is 39.9 Å². The highest BCUT2D eigenvalue weighted by molar-refractivity contribution is 6.30. The first kappa shape index (κ1) is 18.7. The normalized spacial score (nSPS) is 10.6. The molecule has 0 saturated carbocycles. The molecule has 6 nitrogen and oxygen atoms in total. The van der Waals surface area contributed by atoms with Gasteiger partial charge in [-0.25, -0.2) is 4.98 Å². The topological polar surface area (TPSA) is 76.1 Å². The molecule has 0 spiro atoms. The van der Waals surface area contributed by atoms with Gasteiger partial charge in [0.05, 0.1) is 5.52 Å². The number of nitrogens with zero attached hydrogens (tertiary/aromatic N) is 2. The van der Waals surface area contributed by atoms with Gasteiger partial charge >= 0.3 is 0 Å². The Bertz CT molecular complexity index is 1200. The minimum atomic E-state index is -0.272. The van der Waals surface area contributed by atoms with Crippen LogP contribution in [0.2, 0.25) is 5.02 Å². The molecule has 2 heterocycles. The molecule has 0 unspecified atom stereocenters. The molecule has 29 heavy (non-hydrogen) atoms. The summed E-state index contributed by atoms with van der Waals surface area (Å²) >= 11 is 6.04. The van der Waals surface area contributed by atoms with Crippen molar-refractivity contribution in [2.45, 2.75) is 0 Å². The van der Waals surface area contributed by atoms with E-state index in [0.717, 1.165) is 16.6 Å². The van der Waals surface area contributed by atoms with Gasteiger partial charge in [0.1, 0.15) is 23.0 Å². The van der Waals surface area contributed by atoms with Gasteiger partial charge in [-0.2, -0.15) is 0 Å². The van der Waals surface area contributed by atoms with E-state index in [1.807, 2.05) is 54.6 Å². The van der Waals surface area contributed by atoms with Crippen LogP contribution < -0.4 is 15.4 Å². The fraction of sp³-hybridized carbons (Fsp3) is 0.0455. The molecule has 2 aromatic heterocycles. The maximum atomic E-state index is 11.8. The molecule has 0 saturated heterocycles. The Morgan fingerprint density at radius 2 is 1.90 bits per heavy atom. The smallest absolute Gasteiger partial charge is 0.269 e. The van der Waals surface area contributed by atoms with Crippen LogP contribution in [0.3, 0.4) is 0 Å². The molecule has 4 rings (SSSR count). The van der Waals surface area contributed by atoms with Crippen LogP contribution in [0.1, 0.15) is 10.5 Å². The average molecular weight is 405 g/mol. The molecule has 4 aromatic rings. The lowest BCUT2D eigenvalue weighted by atomic mass is 10.2. The predicted molar refractivity (Wildman–Crippen MR) is 114 cm³/mol. The lowest BCUT2D eigenvalue weighted by Gasteiger charge is -2.11. The third-order valence-corrected chi connectivity index (χ3v) is 4.44. The number of fused-ring (bicyclic) bond motifs is 1. The summed E-state index contributed by atoms with van der Waals surface area (Å²) in [4.78, 5) is 20.5. The molecular weight excluding hydrogens is 388 g/mol. The van der Waals surface area contributed by atoms with E-state index in [2.05, 4.69) is 20.6 Å². The highest BCUT2D eigenvalue weighted by Gasteiger charge is 2.09. The van der Waals surface area contributed by atoms with Crippen molar-refractivity contribution < 1.29 is 9.53 Å². The number of rotatable bonds is 5. The van der Waals surface area contributed by atoms with Crippen LogP contribution >= 0.6 is 11.6 Å². The lowest BCUT2D eigenvalue weighted by molar-refractivity contribution is 0.0958. The third kappa shape index (κ3) is 4.28. The number of pyridine rings is 2. The number of hydrogen-bond acceptors (Lipinski definition) is 5. The summed E-state index contributed by atoms with van der Waals surface area (Å²) in [5, 5.41) is 7.29. The summed E-state index contributed by atoms with van der Waals surface area (Å²) in [5.74, 6) is 1.58. The number of halogens is 1. The van der Waals surface area contributed by atoms with Gasteiger partial charge in [0, 0.05) is 35.4 Å². The zero-order chi connectivity index (χ0) is 20.2. The number of nitrogens with one attached hydrogen (secondary N) is 2. The van der Waals surface area contributed by atoms with Crippen LogP contribution in [0.15, 0.2) is 72.9 Å². The quantitative estimate of drug-likeness (QED) is 0.479. The molecule has 144 valence electrons. The Morgan fingerprint density at radius 3 is 2.72 bits per heavy atom. The first-order chi connectivity index (χ1) is 14.1. The van der Waals surface area contributed by atoms with E-state index in [9.17, 15) is 4.79 Å². The molecule has 0 radical (unpaired) electrons. The van der Waals surface area contributed by atoms with E-state index in [1.54, 1.807) is 19.2 Å². The van der Waals surface area contributed by atoms with E-state index < -0.39 is 0 Å². The monoisotopic (exact) mass is 404 g/mol. The minimum absolute atomic E-state index is 0.272. The predicted octanol–water partition coefficient (Wildman–Crippen LogP) is 5.18. The molecular formula is C22H17ClN4O2. The number of hydrogen-bond donors (Lipinski definition) is 2. The number of ether oxygens (including phenoxy) is 1. The van der Waals surface area contributed by atoms with Gasteiger partial charge in [-0.1, -0.05) is 23.7 Å². The highest BCUT2D eigenvalue weighted by atomic mass is 35.5. The zero-order valence-electron chi connectivity index (χ0n) is 15.5. The number of aromatic nitrogens is 2. The fourth-order valence-electron chi connectivity index (χ4n) is 2.85. The Hall–Kier alpha value is -3.64. The fourth-order valence-corrected chi connectivity index (χ4v) is 3.04. The van der Waals surface area contributed by atoms with Crippen molar-refractivity contribution in [3.63, 3.8) is 0 Å². The summed E-state index contributed by atoms with van der Waals surface area (Å²) in [5.41, 5.74) is 1.92. The van der Waals surface area contributed by atoms with Gasteiger partial charge in [0.15, 0.2) is 0 Å². The van der Waals surface area contributed by atoms with Crippen LogP contribution in [0, 0.1) is 0 Å². The summed E-state index contributed by atoms with van der Waals surface area (Å²) in [7, 11) is 1.56. The molecule has 1 amide bonds. The van der Waals surface area contributed by atoms with Crippen LogP contribution in [0.5, 0.6) is 11.5 Å².